The van der Waals surface area contributed by atoms with E-state index in [1.54, 1.807) is 18.2 Å². The molecule has 0 spiro atoms. The molecule has 1 atom stereocenters. The Morgan fingerprint density at radius 1 is 1.21 bits per heavy atom. The number of carbonyl (C=O) groups excluding carboxylic acids is 1. The lowest BCUT2D eigenvalue weighted by Crippen LogP contribution is -2.31. The second-order valence-electron chi connectivity index (χ2n) is 5.76. The lowest BCUT2D eigenvalue weighted by Gasteiger charge is -2.11. The molecule has 0 aromatic heterocycles. The molecular formula is C19H20ClNO3. The number of carbonyl (C=O) groups is 1. The Bertz CT molecular complexity index is 681. The minimum atomic E-state index is -0.0796. The van der Waals surface area contributed by atoms with Gasteiger partial charge in [-0.15, -0.1) is 0 Å². The molecule has 24 heavy (non-hydrogen) atoms. The molecule has 126 valence electrons. The number of halogens is 1. The first kappa shape index (κ1) is 16.8. The summed E-state index contributed by atoms with van der Waals surface area (Å²) in [6, 6.07) is 14.7. The summed E-state index contributed by atoms with van der Waals surface area (Å²) >= 11 is 6.06. The summed E-state index contributed by atoms with van der Waals surface area (Å²) in [6.45, 7) is 1.76. The maximum Gasteiger partial charge on any atom is 0.251 e. The molecule has 0 aliphatic carbocycles. The second-order valence-corrected chi connectivity index (χ2v) is 6.17. The number of hydrogen-bond acceptors (Lipinski definition) is 3. The predicted molar refractivity (Wildman–Crippen MR) is 93.5 cm³/mol. The van der Waals surface area contributed by atoms with Crippen LogP contribution in [0.15, 0.2) is 48.5 Å². The van der Waals surface area contributed by atoms with Crippen LogP contribution in [-0.2, 0) is 11.3 Å². The molecule has 2 aromatic rings. The van der Waals surface area contributed by atoms with Gasteiger partial charge in [0.05, 0.1) is 11.1 Å². The van der Waals surface area contributed by atoms with Crippen molar-refractivity contribution in [3.8, 4) is 5.75 Å². The van der Waals surface area contributed by atoms with Gasteiger partial charge in [-0.1, -0.05) is 35.9 Å². The largest absolute Gasteiger partial charge is 0.487 e. The van der Waals surface area contributed by atoms with E-state index in [-0.39, 0.29) is 12.0 Å². The standard InChI is InChI=1S/C19H20ClNO3/c20-17-5-1-2-6-18(17)24-13-14-7-9-15(10-8-14)19(22)21-12-16-4-3-11-23-16/h1-2,5-10,16H,3-4,11-13H2,(H,21,22). The second kappa shape index (κ2) is 8.18. The van der Waals surface area contributed by atoms with Crippen molar-refractivity contribution in [1.29, 1.82) is 0 Å². The van der Waals surface area contributed by atoms with E-state index in [4.69, 9.17) is 21.1 Å². The third-order valence-corrected chi connectivity index (χ3v) is 4.27. The van der Waals surface area contributed by atoms with Crippen LogP contribution in [0, 0.1) is 0 Å². The molecule has 0 saturated carbocycles. The van der Waals surface area contributed by atoms with Crippen LogP contribution in [0.25, 0.3) is 0 Å². The topological polar surface area (TPSA) is 47.6 Å². The van der Waals surface area contributed by atoms with Crippen molar-refractivity contribution in [1.82, 2.24) is 5.32 Å². The number of para-hydroxylation sites is 1. The zero-order valence-electron chi connectivity index (χ0n) is 13.3. The molecule has 1 aliphatic rings. The highest BCUT2D eigenvalue weighted by Gasteiger charge is 2.16. The summed E-state index contributed by atoms with van der Waals surface area (Å²) in [5.74, 6) is 0.571. The van der Waals surface area contributed by atoms with E-state index in [1.807, 2.05) is 30.3 Å². The van der Waals surface area contributed by atoms with Crippen LogP contribution in [0.4, 0.5) is 0 Å². The van der Waals surface area contributed by atoms with Crippen molar-refractivity contribution in [2.75, 3.05) is 13.2 Å². The van der Waals surface area contributed by atoms with Crippen LogP contribution >= 0.6 is 11.6 Å². The minimum absolute atomic E-state index is 0.0796. The summed E-state index contributed by atoms with van der Waals surface area (Å²) in [5, 5.41) is 3.50. The average molecular weight is 346 g/mol. The van der Waals surface area contributed by atoms with Crippen molar-refractivity contribution in [2.24, 2.45) is 0 Å². The van der Waals surface area contributed by atoms with Crippen molar-refractivity contribution in [2.45, 2.75) is 25.6 Å². The number of rotatable bonds is 6. The third-order valence-electron chi connectivity index (χ3n) is 3.96. The van der Waals surface area contributed by atoms with Gasteiger partial charge in [-0.25, -0.2) is 0 Å². The number of nitrogens with one attached hydrogen (secondary N) is 1. The fourth-order valence-corrected chi connectivity index (χ4v) is 2.78. The van der Waals surface area contributed by atoms with Gasteiger partial charge in [-0.3, -0.25) is 4.79 Å². The summed E-state index contributed by atoms with van der Waals surface area (Å²) in [5.41, 5.74) is 1.61. The SMILES string of the molecule is O=C(NCC1CCCO1)c1ccc(COc2ccccc2Cl)cc1. The molecule has 0 bridgehead atoms. The first-order chi connectivity index (χ1) is 11.7. The maximum absolute atomic E-state index is 12.1. The Kier molecular flexibility index (Phi) is 5.72. The van der Waals surface area contributed by atoms with Crippen LogP contribution in [0.5, 0.6) is 5.75 Å². The van der Waals surface area contributed by atoms with Crippen molar-refractivity contribution < 1.29 is 14.3 Å². The van der Waals surface area contributed by atoms with Gasteiger partial charge in [0, 0.05) is 18.7 Å². The van der Waals surface area contributed by atoms with E-state index in [9.17, 15) is 4.79 Å². The quantitative estimate of drug-likeness (QED) is 0.865. The van der Waals surface area contributed by atoms with Gasteiger partial charge in [0.25, 0.3) is 5.91 Å². The van der Waals surface area contributed by atoms with E-state index < -0.39 is 0 Å². The number of benzene rings is 2. The van der Waals surface area contributed by atoms with Crippen molar-refractivity contribution in [3.63, 3.8) is 0 Å². The maximum atomic E-state index is 12.1. The van der Waals surface area contributed by atoms with Gasteiger partial charge in [-0.05, 0) is 42.7 Å². The molecule has 1 aliphatic heterocycles. The fourth-order valence-electron chi connectivity index (χ4n) is 2.59. The molecule has 1 unspecified atom stereocenters. The van der Waals surface area contributed by atoms with Gasteiger partial charge in [0.1, 0.15) is 12.4 Å². The van der Waals surface area contributed by atoms with Gasteiger partial charge in [0.2, 0.25) is 0 Å². The molecule has 1 fully saturated rings. The number of ether oxygens (including phenoxy) is 2. The normalized spacial score (nSPS) is 16.8. The van der Waals surface area contributed by atoms with E-state index in [2.05, 4.69) is 5.32 Å². The zero-order valence-corrected chi connectivity index (χ0v) is 14.1. The Balaban J connectivity index is 1.51. The highest BCUT2D eigenvalue weighted by molar-refractivity contribution is 6.32. The van der Waals surface area contributed by atoms with Gasteiger partial charge in [-0.2, -0.15) is 0 Å². The molecule has 5 heteroatoms. The lowest BCUT2D eigenvalue weighted by molar-refractivity contribution is 0.0857. The highest BCUT2D eigenvalue weighted by Crippen LogP contribution is 2.24. The third kappa shape index (κ3) is 4.49. The van der Waals surface area contributed by atoms with E-state index in [1.165, 1.54) is 0 Å². The molecular weight excluding hydrogens is 326 g/mol. The Hall–Kier alpha value is -2.04. The highest BCUT2D eigenvalue weighted by atomic mass is 35.5. The van der Waals surface area contributed by atoms with Crippen molar-refractivity contribution >= 4 is 17.5 Å². The zero-order chi connectivity index (χ0) is 16.8. The number of hydrogen-bond donors (Lipinski definition) is 1. The Morgan fingerprint density at radius 2 is 2.00 bits per heavy atom. The minimum Gasteiger partial charge on any atom is -0.487 e. The van der Waals surface area contributed by atoms with Crippen LogP contribution < -0.4 is 10.1 Å². The summed E-state index contributed by atoms with van der Waals surface area (Å²) in [6.07, 6.45) is 2.23. The van der Waals surface area contributed by atoms with Gasteiger partial charge >= 0.3 is 0 Å². The van der Waals surface area contributed by atoms with E-state index in [0.29, 0.717) is 29.5 Å². The Labute approximate surface area is 146 Å². The van der Waals surface area contributed by atoms with Gasteiger partial charge in [0.15, 0.2) is 0 Å². The molecule has 1 N–H and O–H groups in total. The summed E-state index contributed by atoms with van der Waals surface area (Å²) in [4.78, 5) is 12.1. The summed E-state index contributed by atoms with van der Waals surface area (Å²) in [7, 11) is 0. The monoisotopic (exact) mass is 345 g/mol. The van der Waals surface area contributed by atoms with Crippen LogP contribution in [-0.4, -0.2) is 25.2 Å². The molecule has 0 radical (unpaired) electrons. The molecule has 2 aromatic carbocycles. The number of amides is 1. The van der Waals surface area contributed by atoms with Crippen molar-refractivity contribution in [3.05, 3.63) is 64.7 Å². The summed E-state index contributed by atoms with van der Waals surface area (Å²) < 4.78 is 11.2. The van der Waals surface area contributed by atoms with Crippen LogP contribution in [0.2, 0.25) is 5.02 Å². The van der Waals surface area contributed by atoms with Crippen LogP contribution in [0.1, 0.15) is 28.8 Å². The smallest absolute Gasteiger partial charge is 0.251 e. The van der Waals surface area contributed by atoms with Gasteiger partial charge < -0.3 is 14.8 Å². The Morgan fingerprint density at radius 3 is 2.71 bits per heavy atom. The average Bonchev–Trinajstić information content (AvgIpc) is 3.13. The molecule has 1 amide bonds. The van der Waals surface area contributed by atoms with E-state index in [0.717, 1.165) is 25.0 Å². The lowest BCUT2D eigenvalue weighted by atomic mass is 10.1. The predicted octanol–water partition coefficient (Wildman–Crippen LogP) is 3.83. The molecule has 1 heterocycles. The fraction of sp³-hybridized carbons (Fsp3) is 0.316. The van der Waals surface area contributed by atoms with E-state index >= 15 is 0 Å². The molecule has 3 rings (SSSR count). The first-order valence-electron chi connectivity index (χ1n) is 8.08. The van der Waals surface area contributed by atoms with Crippen LogP contribution in [0.3, 0.4) is 0 Å². The first-order valence-corrected chi connectivity index (χ1v) is 8.46. The molecule has 4 nitrogen and oxygen atoms in total. The molecule has 1 saturated heterocycles.